The van der Waals surface area contributed by atoms with Crippen LogP contribution in [0.5, 0.6) is 0 Å². The number of nitrogens with zero attached hydrogens (tertiary/aromatic N) is 3. The van der Waals surface area contributed by atoms with Crippen LogP contribution in [0.3, 0.4) is 0 Å². The standard InChI is InChI=1S/C15H23N3O6S2/c1-16-10-13(26(22,23)18-4-6-24-7-5-18)9-14(16)15(19)17(2)12-3-8-25(20,21)11-12/h9-10,12H,3-8,11H2,1-2H3. The fourth-order valence-corrected chi connectivity index (χ4v) is 6.51. The summed E-state index contributed by atoms with van der Waals surface area (Å²) in [4.78, 5) is 14.2. The second-order valence-corrected chi connectivity index (χ2v) is 10.8. The van der Waals surface area contributed by atoms with E-state index >= 15 is 0 Å². The van der Waals surface area contributed by atoms with Gasteiger partial charge in [-0.15, -0.1) is 0 Å². The number of sulfone groups is 1. The Morgan fingerprint density at radius 3 is 2.54 bits per heavy atom. The van der Waals surface area contributed by atoms with Crippen molar-refractivity contribution in [1.29, 1.82) is 0 Å². The smallest absolute Gasteiger partial charge is 0.270 e. The molecule has 2 aliphatic heterocycles. The number of carbonyl (C=O) groups excluding carboxylic acids is 1. The maximum absolute atomic E-state index is 12.8. The molecule has 0 N–H and O–H groups in total. The minimum absolute atomic E-state index is 0.0534. The largest absolute Gasteiger partial charge is 0.379 e. The molecule has 0 radical (unpaired) electrons. The first-order valence-corrected chi connectivity index (χ1v) is 11.6. The highest BCUT2D eigenvalue weighted by Gasteiger charge is 2.35. The monoisotopic (exact) mass is 405 g/mol. The van der Waals surface area contributed by atoms with E-state index in [4.69, 9.17) is 4.74 Å². The van der Waals surface area contributed by atoms with Gasteiger partial charge < -0.3 is 14.2 Å². The van der Waals surface area contributed by atoms with E-state index in [0.717, 1.165) is 0 Å². The van der Waals surface area contributed by atoms with Crippen molar-refractivity contribution in [3.63, 3.8) is 0 Å². The highest BCUT2D eigenvalue weighted by molar-refractivity contribution is 7.91. The summed E-state index contributed by atoms with van der Waals surface area (Å²) in [6, 6.07) is 0.967. The van der Waals surface area contributed by atoms with Crippen molar-refractivity contribution >= 4 is 25.8 Å². The van der Waals surface area contributed by atoms with Crippen molar-refractivity contribution in [3.8, 4) is 0 Å². The Balaban J connectivity index is 1.82. The average molecular weight is 405 g/mol. The van der Waals surface area contributed by atoms with E-state index < -0.39 is 25.8 Å². The molecule has 3 heterocycles. The van der Waals surface area contributed by atoms with Gasteiger partial charge in [0.05, 0.1) is 24.7 Å². The van der Waals surface area contributed by atoms with Gasteiger partial charge in [0.15, 0.2) is 9.84 Å². The van der Waals surface area contributed by atoms with E-state index in [9.17, 15) is 21.6 Å². The third-order valence-electron chi connectivity index (χ3n) is 4.88. The molecule has 0 aromatic carbocycles. The SMILES string of the molecule is CN(C(=O)c1cc(S(=O)(=O)N2CCOCC2)cn1C)C1CCS(=O)(=O)C1. The Bertz CT molecular complexity index is 900. The third-order valence-corrected chi connectivity index (χ3v) is 8.50. The number of hydrogen-bond donors (Lipinski definition) is 0. The van der Waals surface area contributed by atoms with Crippen molar-refractivity contribution in [2.24, 2.45) is 7.05 Å². The van der Waals surface area contributed by atoms with Crippen LogP contribution in [0, 0.1) is 0 Å². The van der Waals surface area contributed by atoms with Crippen LogP contribution in [0.1, 0.15) is 16.9 Å². The second kappa shape index (κ2) is 6.95. The van der Waals surface area contributed by atoms with Crippen LogP contribution in [0.2, 0.25) is 0 Å². The maximum atomic E-state index is 12.8. The van der Waals surface area contributed by atoms with Gasteiger partial charge in [-0.3, -0.25) is 4.79 Å². The summed E-state index contributed by atoms with van der Waals surface area (Å²) < 4.78 is 56.8. The number of ether oxygens (including phenoxy) is 1. The highest BCUT2D eigenvalue weighted by Crippen LogP contribution is 2.23. The first kappa shape index (κ1) is 19.3. The summed E-state index contributed by atoms with van der Waals surface area (Å²) in [5, 5.41) is 0. The molecule has 3 rings (SSSR count). The zero-order valence-electron chi connectivity index (χ0n) is 14.8. The van der Waals surface area contributed by atoms with Gasteiger partial charge in [-0.05, 0) is 12.5 Å². The summed E-state index contributed by atoms with van der Waals surface area (Å²) in [7, 11) is -3.65. The van der Waals surface area contributed by atoms with Crippen LogP contribution >= 0.6 is 0 Å². The number of aryl methyl sites for hydroxylation is 1. The van der Waals surface area contributed by atoms with Gasteiger partial charge in [-0.25, -0.2) is 16.8 Å². The molecular weight excluding hydrogens is 382 g/mol. The summed E-state index contributed by atoms with van der Waals surface area (Å²) in [6.45, 7) is 1.24. The van der Waals surface area contributed by atoms with Crippen LogP contribution in [0.15, 0.2) is 17.2 Å². The first-order valence-electron chi connectivity index (χ1n) is 8.34. The van der Waals surface area contributed by atoms with Gasteiger partial charge in [-0.2, -0.15) is 4.31 Å². The molecule has 1 aromatic heterocycles. The molecule has 2 fully saturated rings. The Kier molecular flexibility index (Phi) is 5.17. The number of rotatable bonds is 4. The summed E-state index contributed by atoms with van der Waals surface area (Å²) in [6.07, 6.45) is 1.81. The average Bonchev–Trinajstić information content (AvgIpc) is 3.17. The number of hydrogen-bond acceptors (Lipinski definition) is 6. The molecule has 26 heavy (non-hydrogen) atoms. The van der Waals surface area contributed by atoms with E-state index in [2.05, 4.69) is 0 Å². The van der Waals surface area contributed by atoms with Gasteiger partial charge in [-0.1, -0.05) is 0 Å². The van der Waals surface area contributed by atoms with Crippen LogP contribution in [-0.4, -0.2) is 87.4 Å². The molecule has 1 aromatic rings. The van der Waals surface area contributed by atoms with Crippen molar-refractivity contribution in [3.05, 3.63) is 18.0 Å². The quantitative estimate of drug-likeness (QED) is 0.656. The zero-order chi connectivity index (χ0) is 19.1. The Labute approximate surface area is 153 Å². The summed E-state index contributed by atoms with van der Waals surface area (Å²) >= 11 is 0. The van der Waals surface area contributed by atoms with E-state index in [-0.39, 0.29) is 41.2 Å². The lowest BCUT2D eigenvalue weighted by Gasteiger charge is -2.25. The fraction of sp³-hybridized carbons (Fsp3) is 0.667. The predicted octanol–water partition coefficient (Wildman–Crippen LogP) is -0.695. The van der Waals surface area contributed by atoms with Crippen molar-refractivity contribution in [2.45, 2.75) is 17.4 Å². The van der Waals surface area contributed by atoms with Gasteiger partial charge in [0, 0.05) is 39.4 Å². The topological polar surface area (TPSA) is 106 Å². The first-order chi connectivity index (χ1) is 12.1. The van der Waals surface area contributed by atoms with Gasteiger partial charge >= 0.3 is 0 Å². The van der Waals surface area contributed by atoms with Gasteiger partial charge in [0.2, 0.25) is 10.0 Å². The molecule has 0 saturated carbocycles. The Morgan fingerprint density at radius 1 is 1.31 bits per heavy atom. The van der Waals surface area contributed by atoms with Crippen LogP contribution in [0.4, 0.5) is 0 Å². The Morgan fingerprint density at radius 2 is 1.96 bits per heavy atom. The number of aromatic nitrogens is 1. The number of carbonyl (C=O) groups is 1. The van der Waals surface area contributed by atoms with Crippen LogP contribution < -0.4 is 0 Å². The summed E-state index contributed by atoms with van der Waals surface area (Å²) in [5.41, 5.74) is 0.212. The van der Waals surface area contributed by atoms with Crippen molar-refractivity contribution < 1.29 is 26.4 Å². The lowest BCUT2D eigenvalue weighted by atomic mass is 10.2. The molecule has 2 aliphatic rings. The minimum Gasteiger partial charge on any atom is -0.379 e. The normalized spacial score (nSPS) is 23.8. The molecule has 9 nitrogen and oxygen atoms in total. The van der Waals surface area contributed by atoms with E-state index in [1.165, 1.54) is 26.0 Å². The molecule has 0 bridgehead atoms. The van der Waals surface area contributed by atoms with Crippen LogP contribution in [-0.2, 0) is 31.6 Å². The third kappa shape index (κ3) is 3.66. The molecule has 2 saturated heterocycles. The van der Waals surface area contributed by atoms with Crippen molar-refractivity contribution in [2.75, 3.05) is 44.9 Å². The van der Waals surface area contributed by atoms with E-state index in [1.54, 1.807) is 14.1 Å². The molecule has 1 amide bonds. The van der Waals surface area contributed by atoms with Gasteiger partial charge in [0.1, 0.15) is 10.6 Å². The number of sulfonamides is 1. The highest BCUT2D eigenvalue weighted by atomic mass is 32.2. The second-order valence-electron chi connectivity index (χ2n) is 6.66. The fourth-order valence-electron chi connectivity index (χ4n) is 3.25. The molecular formula is C15H23N3O6S2. The van der Waals surface area contributed by atoms with E-state index in [0.29, 0.717) is 19.6 Å². The van der Waals surface area contributed by atoms with E-state index in [1.807, 2.05) is 0 Å². The molecule has 0 aliphatic carbocycles. The Hall–Kier alpha value is -1.43. The minimum atomic E-state index is -3.69. The lowest BCUT2D eigenvalue weighted by Crippen LogP contribution is -2.40. The lowest BCUT2D eigenvalue weighted by molar-refractivity contribution is 0.0729. The molecule has 1 unspecified atom stereocenters. The number of amides is 1. The predicted molar refractivity (Wildman–Crippen MR) is 94.1 cm³/mol. The molecule has 0 spiro atoms. The zero-order valence-corrected chi connectivity index (χ0v) is 16.4. The van der Waals surface area contributed by atoms with Crippen molar-refractivity contribution in [1.82, 2.24) is 13.8 Å². The molecule has 1 atom stereocenters. The summed E-state index contributed by atoms with van der Waals surface area (Å²) in [5.74, 6) is -0.379. The molecule has 146 valence electrons. The molecule has 11 heteroatoms. The maximum Gasteiger partial charge on any atom is 0.270 e. The number of morpholine rings is 1. The van der Waals surface area contributed by atoms with Gasteiger partial charge in [0.25, 0.3) is 5.91 Å². The van der Waals surface area contributed by atoms with Crippen LogP contribution in [0.25, 0.3) is 0 Å².